The molecule has 0 saturated carbocycles. The molecule has 3 aliphatic rings. The van der Waals surface area contributed by atoms with Gasteiger partial charge in [0.15, 0.2) is 0 Å². The number of carbonyl (C=O) groups excluding carboxylic acids is 3. The van der Waals surface area contributed by atoms with Gasteiger partial charge in [0.05, 0.1) is 29.2 Å². The third-order valence-corrected chi connectivity index (χ3v) is 10.4. The van der Waals surface area contributed by atoms with Gasteiger partial charge in [-0.05, 0) is 57.4 Å². The van der Waals surface area contributed by atoms with Crippen LogP contribution in [0.25, 0.3) is 0 Å². The lowest BCUT2D eigenvalue weighted by molar-refractivity contribution is -0.143. The molecule has 3 saturated heterocycles. The first kappa shape index (κ1) is 28.9. The van der Waals surface area contributed by atoms with Crippen LogP contribution in [0.15, 0.2) is 30.3 Å². The molecule has 8 heteroatoms. The van der Waals surface area contributed by atoms with Crippen LogP contribution in [-0.4, -0.2) is 62.0 Å². The second kappa shape index (κ2) is 10.2. The van der Waals surface area contributed by atoms with Crippen molar-refractivity contribution in [3.8, 4) is 0 Å². The Morgan fingerprint density at radius 1 is 1.13 bits per heavy atom. The zero-order valence-corrected chi connectivity index (χ0v) is 24.8. The van der Waals surface area contributed by atoms with E-state index >= 15 is 0 Å². The molecule has 2 unspecified atom stereocenters. The monoisotopic (exact) mass is 543 g/mol. The standard InChI is InChI=1S/C30H45N3O4S/c1-8-16-31-24(35)21-22-26(37)33(20(17-34)19-12-10-9-11-13-19)23(30(22)15-14-29(21,7)38-30)25(36)32-28(5,6)18-27(2,3)4/h9-13,20-23,34H,8,14-18H2,1-7H3,(H,31,35)(H,32,36)/t20-,21-,22+,23?,29+,30?/m1/s1. The Morgan fingerprint density at radius 2 is 1.79 bits per heavy atom. The van der Waals surface area contributed by atoms with Crippen LogP contribution in [0.3, 0.4) is 0 Å². The molecule has 1 aromatic carbocycles. The largest absolute Gasteiger partial charge is 0.394 e. The summed E-state index contributed by atoms with van der Waals surface area (Å²) in [5.74, 6) is -1.62. The van der Waals surface area contributed by atoms with E-state index in [1.165, 1.54) is 0 Å². The molecule has 1 aromatic rings. The van der Waals surface area contributed by atoms with Gasteiger partial charge in [0, 0.05) is 16.8 Å². The van der Waals surface area contributed by atoms with Gasteiger partial charge < -0.3 is 20.6 Å². The topological polar surface area (TPSA) is 98.7 Å². The lowest BCUT2D eigenvalue weighted by Crippen LogP contribution is -2.59. The van der Waals surface area contributed by atoms with Crippen molar-refractivity contribution in [1.29, 1.82) is 0 Å². The normalized spacial score (nSPS) is 31.3. The van der Waals surface area contributed by atoms with Crippen molar-refractivity contribution >= 4 is 29.5 Å². The molecule has 2 bridgehead atoms. The quantitative estimate of drug-likeness (QED) is 0.436. The molecule has 7 nitrogen and oxygen atoms in total. The summed E-state index contributed by atoms with van der Waals surface area (Å²) in [5.41, 5.74) is 0.282. The number of hydrogen-bond acceptors (Lipinski definition) is 5. The van der Waals surface area contributed by atoms with Crippen LogP contribution in [0.2, 0.25) is 0 Å². The lowest BCUT2D eigenvalue weighted by atomic mass is 9.66. The molecule has 0 aromatic heterocycles. The average molecular weight is 544 g/mol. The smallest absolute Gasteiger partial charge is 0.244 e. The van der Waals surface area contributed by atoms with E-state index in [-0.39, 0.29) is 29.7 Å². The number of carbonyl (C=O) groups is 3. The zero-order chi connectivity index (χ0) is 28.1. The first-order chi connectivity index (χ1) is 17.7. The number of benzene rings is 1. The summed E-state index contributed by atoms with van der Waals surface area (Å²) in [4.78, 5) is 43.9. The fourth-order valence-electron chi connectivity index (χ4n) is 7.56. The van der Waals surface area contributed by atoms with Gasteiger partial charge in [-0.25, -0.2) is 0 Å². The maximum atomic E-state index is 14.4. The SMILES string of the molecule is CCCNC(=O)[C@H]1[C@H]2C(=O)N([C@H](CO)c3ccccc3)C(C(=O)NC(C)(C)CC(C)(C)C)C23CC[C@]1(C)S3. The number of amides is 3. The number of thioether (sulfide) groups is 1. The Labute approximate surface area is 231 Å². The second-order valence-corrected chi connectivity index (χ2v) is 15.4. The molecule has 3 N–H and O–H groups in total. The highest BCUT2D eigenvalue weighted by Gasteiger charge is 2.77. The fourth-order valence-corrected chi connectivity index (χ4v) is 9.90. The van der Waals surface area contributed by atoms with Crippen LogP contribution in [0, 0.1) is 17.3 Å². The maximum Gasteiger partial charge on any atom is 0.244 e. The Kier molecular flexibility index (Phi) is 7.74. The molecule has 210 valence electrons. The number of nitrogens with one attached hydrogen (secondary N) is 2. The summed E-state index contributed by atoms with van der Waals surface area (Å²) < 4.78 is -1.13. The van der Waals surface area contributed by atoms with Crippen LogP contribution in [0.1, 0.15) is 85.8 Å². The molecular weight excluding hydrogens is 498 g/mol. The molecule has 3 fully saturated rings. The minimum Gasteiger partial charge on any atom is -0.394 e. The lowest BCUT2D eigenvalue weighted by Gasteiger charge is -2.40. The van der Waals surface area contributed by atoms with E-state index in [1.807, 2.05) is 51.1 Å². The van der Waals surface area contributed by atoms with Crippen molar-refractivity contribution in [3.05, 3.63) is 35.9 Å². The minimum absolute atomic E-state index is 0.00302. The number of nitrogens with zero attached hydrogens (tertiary/aromatic N) is 1. The van der Waals surface area contributed by atoms with Crippen LogP contribution in [0.5, 0.6) is 0 Å². The van der Waals surface area contributed by atoms with Gasteiger partial charge in [0.1, 0.15) is 6.04 Å². The van der Waals surface area contributed by atoms with Gasteiger partial charge >= 0.3 is 0 Å². The molecule has 4 rings (SSSR count). The Balaban J connectivity index is 1.79. The van der Waals surface area contributed by atoms with E-state index in [1.54, 1.807) is 16.7 Å². The molecule has 38 heavy (non-hydrogen) atoms. The highest BCUT2D eigenvalue weighted by Crippen LogP contribution is 2.72. The number of aliphatic hydroxyl groups excluding tert-OH is 1. The Morgan fingerprint density at radius 3 is 2.37 bits per heavy atom. The van der Waals surface area contributed by atoms with E-state index in [2.05, 4.69) is 38.3 Å². The molecule has 0 radical (unpaired) electrons. The number of rotatable bonds is 9. The second-order valence-electron chi connectivity index (χ2n) is 13.5. The number of fused-ring (bicyclic) bond motifs is 1. The minimum atomic E-state index is -0.785. The van der Waals surface area contributed by atoms with Gasteiger partial charge in [-0.1, -0.05) is 58.0 Å². The fraction of sp³-hybridized carbons (Fsp3) is 0.700. The van der Waals surface area contributed by atoms with E-state index in [0.717, 1.165) is 24.8 Å². The zero-order valence-electron chi connectivity index (χ0n) is 24.0. The van der Waals surface area contributed by atoms with Crippen molar-refractivity contribution < 1.29 is 19.5 Å². The van der Waals surface area contributed by atoms with Crippen molar-refractivity contribution in [2.75, 3.05) is 13.2 Å². The third kappa shape index (κ3) is 4.99. The van der Waals surface area contributed by atoms with E-state index in [9.17, 15) is 19.5 Å². The number of likely N-dealkylation sites (tertiary alicyclic amines) is 1. The maximum absolute atomic E-state index is 14.4. The van der Waals surface area contributed by atoms with Crippen molar-refractivity contribution in [3.63, 3.8) is 0 Å². The summed E-state index contributed by atoms with van der Waals surface area (Å²) in [6.07, 6.45) is 3.03. The van der Waals surface area contributed by atoms with Crippen LogP contribution < -0.4 is 10.6 Å². The Hall–Kier alpha value is -2.06. The van der Waals surface area contributed by atoms with E-state index in [4.69, 9.17) is 0 Å². The average Bonchev–Trinajstić information content (AvgIpc) is 3.38. The first-order valence-electron chi connectivity index (χ1n) is 14.0. The van der Waals surface area contributed by atoms with Gasteiger partial charge in [0.25, 0.3) is 0 Å². The molecule has 3 amide bonds. The van der Waals surface area contributed by atoms with Gasteiger partial charge in [-0.2, -0.15) is 0 Å². The number of hydrogen-bond donors (Lipinski definition) is 3. The first-order valence-corrected chi connectivity index (χ1v) is 14.8. The molecule has 3 aliphatic heterocycles. The molecule has 3 heterocycles. The number of aliphatic hydroxyl groups is 1. The van der Waals surface area contributed by atoms with Crippen molar-refractivity contribution in [2.24, 2.45) is 17.3 Å². The van der Waals surface area contributed by atoms with Crippen LogP contribution >= 0.6 is 11.8 Å². The highest BCUT2D eigenvalue weighted by molar-refractivity contribution is 8.02. The summed E-state index contributed by atoms with van der Waals surface area (Å²) in [5, 5.41) is 16.9. The van der Waals surface area contributed by atoms with E-state index < -0.39 is 39.0 Å². The summed E-state index contributed by atoms with van der Waals surface area (Å²) in [6.45, 7) is 14.8. The molecule has 0 aliphatic carbocycles. The van der Waals surface area contributed by atoms with Gasteiger partial charge in [-0.15, -0.1) is 11.8 Å². The molecular formula is C30H45N3O4S. The van der Waals surface area contributed by atoms with E-state index in [0.29, 0.717) is 13.0 Å². The summed E-state index contributed by atoms with van der Waals surface area (Å²) in [6, 6.07) is 7.96. The third-order valence-electron chi connectivity index (χ3n) is 8.42. The van der Waals surface area contributed by atoms with Gasteiger partial charge in [-0.3, -0.25) is 14.4 Å². The molecule has 6 atom stereocenters. The van der Waals surface area contributed by atoms with Crippen molar-refractivity contribution in [1.82, 2.24) is 15.5 Å². The van der Waals surface area contributed by atoms with Gasteiger partial charge in [0.2, 0.25) is 17.7 Å². The van der Waals surface area contributed by atoms with Crippen molar-refractivity contribution in [2.45, 2.75) is 101 Å². The summed E-state index contributed by atoms with van der Waals surface area (Å²) in [7, 11) is 0. The van der Waals surface area contributed by atoms with Crippen LogP contribution in [0.4, 0.5) is 0 Å². The predicted molar refractivity (Wildman–Crippen MR) is 151 cm³/mol. The summed E-state index contributed by atoms with van der Waals surface area (Å²) >= 11 is 1.66. The Bertz CT molecular complexity index is 1070. The highest BCUT2D eigenvalue weighted by atomic mass is 32.2. The van der Waals surface area contributed by atoms with Crippen LogP contribution in [-0.2, 0) is 14.4 Å². The molecule has 1 spiro atoms. The predicted octanol–water partition coefficient (Wildman–Crippen LogP) is 4.06.